The smallest absolute Gasteiger partial charge is 0.0355 e. The van der Waals surface area contributed by atoms with E-state index < -0.39 is 0 Å². The van der Waals surface area contributed by atoms with Crippen LogP contribution in [-0.4, -0.2) is 0 Å². The summed E-state index contributed by atoms with van der Waals surface area (Å²) in [6.07, 6.45) is 0. The van der Waals surface area contributed by atoms with Crippen molar-refractivity contribution in [2.75, 3.05) is 0 Å². The van der Waals surface area contributed by atoms with Crippen molar-refractivity contribution in [2.45, 2.75) is 0 Å². The maximum atomic E-state index is 2.41. The summed E-state index contributed by atoms with van der Waals surface area (Å²) in [6, 6.07) is 63.4. The maximum absolute atomic E-state index is 2.41. The molecule has 0 saturated carbocycles. The first-order valence-electron chi connectivity index (χ1n) is 17.1. The lowest BCUT2D eigenvalue weighted by Gasteiger charge is -2.16. The topological polar surface area (TPSA) is 0 Å². The molecule has 0 bridgehead atoms. The van der Waals surface area contributed by atoms with Crippen LogP contribution >= 0.6 is 22.7 Å². The Kier molecular flexibility index (Phi) is 6.09. The van der Waals surface area contributed by atoms with Gasteiger partial charge in [-0.25, -0.2) is 0 Å². The minimum absolute atomic E-state index is 1.23. The van der Waals surface area contributed by atoms with Gasteiger partial charge in [-0.1, -0.05) is 115 Å². The van der Waals surface area contributed by atoms with Gasteiger partial charge in [0.15, 0.2) is 0 Å². The summed E-state index contributed by atoms with van der Waals surface area (Å²) < 4.78 is 5.32. The molecule has 0 atom stereocenters. The molecule has 2 aromatic heterocycles. The minimum atomic E-state index is 1.23. The van der Waals surface area contributed by atoms with Crippen LogP contribution in [0.15, 0.2) is 170 Å². The zero-order valence-corrected chi connectivity index (χ0v) is 28.6. The molecule has 0 nitrogen and oxygen atoms in total. The van der Waals surface area contributed by atoms with E-state index in [-0.39, 0.29) is 0 Å². The van der Waals surface area contributed by atoms with Crippen molar-refractivity contribution in [3.63, 3.8) is 0 Å². The number of fused-ring (bicyclic) bond motifs is 12. The second-order valence-corrected chi connectivity index (χ2v) is 15.4. The van der Waals surface area contributed by atoms with E-state index >= 15 is 0 Å². The molecule has 0 amide bonds. The third-order valence-electron chi connectivity index (χ3n) is 10.4. The van der Waals surface area contributed by atoms with Gasteiger partial charge < -0.3 is 0 Å². The summed E-state index contributed by atoms with van der Waals surface area (Å²) in [5, 5.41) is 13.1. The molecule has 0 saturated heterocycles. The van der Waals surface area contributed by atoms with E-state index in [1.807, 2.05) is 22.7 Å². The second-order valence-electron chi connectivity index (χ2n) is 13.2. The number of benzene rings is 9. The van der Waals surface area contributed by atoms with E-state index in [0.29, 0.717) is 0 Å². The fourth-order valence-electron chi connectivity index (χ4n) is 8.12. The van der Waals surface area contributed by atoms with E-state index in [0.717, 1.165) is 0 Å². The van der Waals surface area contributed by atoms with E-state index in [9.17, 15) is 0 Å². The molecule has 0 aliphatic heterocycles. The highest BCUT2D eigenvalue weighted by Crippen LogP contribution is 2.44. The highest BCUT2D eigenvalue weighted by atomic mass is 32.1. The molecule has 2 heteroatoms. The van der Waals surface area contributed by atoms with Gasteiger partial charge in [-0.3, -0.25) is 0 Å². The van der Waals surface area contributed by atoms with E-state index in [1.54, 1.807) is 0 Å². The molecule has 0 radical (unpaired) electrons. The number of hydrogen-bond acceptors (Lipinski definition) is 2. The van der Waals surface area contributed by atoms with Gasteiger partial charge in [0.1, 0.15) is 0 Å². The molecule has 0 aliphatic rings. The van der Waals surface area contributed by atoms with Crippen molar-refractivity contribution in [1.29, 1.82) is 0 Å². The van der Waals surface area contributed by atoms with Crippen molar-refractivity contribution in [3.05, 3.63) is 170 Å². The maximum Gasteiger partial charge on any atom is 0.0355 e. The van der Waals surface area contributed by atoms with Gasteiger partial charge in [0.25, 0.3) is 0 Å². The number of rotatable bonds is 3. The van der Waals surface area contributed by atoms with Crippen LogP contribution in [0, 0.1) is 0 Å². The van der Waals surface area contributed by atoms with Gasteiger partial charge in [0, 0.05) is 40.3 Å². The Morgan fingerprint density at radius 3 is 1.18 bits per heavy atom. The average molecular weight is 669 g/mol. The molecule has 50 heavy (non-hydrogen) atoms. The molecule has 0 fully saturated rings. The van der Waals surface area contributed by atoms with Crippen LogP contribution in [0.25, 0.3) is 106 Å². The zero-order valence-electron chi connectivity index (χ0n) is 27.0. The van der Waals surface area contributed by atoms with Crippen molar-refractivity contribution in [3.8, 4) is 33.4 Å². The monoisotopic (exact) mass is 668 g/mol. The highest BCUT2D eigenvalue weighted by Gasteiger charge is 2.16. The van der Waals surface area contributed by atoms with Gasteiger partial charge in [-0.2, -0.15) is 0 Å². The first kappa shape index (κ1) is 28.1. The van der Waals surface area contributed by atoms with E-state index in [2.05, 4.69) is 170 Å². The van der Waals surface area contributed by atoms with Crippen molar-refractivity contribution < 1.29 is 0 Å². The van der Waals surface area contributed by atoms with E-state index in [1.165, 1.54) is 106 Å². The van der Waals surface area contributed by atoms with Gasteiger partial charge >= 0.3 is 0 Å². The molecule has 0 spiro atoms. The van der Waals surface area contributed by atoms with Crippen LogP contribution in [0.2, 0.25) is 0 Å². The predicted octanol–water partition coefficient (Wildman–Crippen LogP) is 14.9. The first-order chi connectivity index (χ1) is 24.8. The summed E-state index contributed by atoms with van der Waals surface area (Å²) in [4.78, 5) is 0. The normalized spacial score (nSPS) is 12.0. The Morgan fingerprint density at radius 2 is 0.640 bits per heavy atom. The molecule has 0 unspecified atom stereocenters. The molecule has 232 valence electrons. The van der Waals surface area contributed by atoms with Gasteiger partial charge in [0.05, 0.1) is 0 Å². The Balaban J connectivity index is 1.21. The van der Waals surface area contributed by atoms with Gasteiger partial charge in [-0.15, -0.1) is 22.7 Å². The lowest BCUT2D eigenvalue weighted by atomic mass is 9.87. The lowest BCUT2D eigenvalue weighted by Crippen LogP contribution is -1.89. The Labute approximate surface area is 297 Å². The number of hydrogen-bond donors (Lipinski definition) is 0. The highest BCUT2D eigenvalue weighted by molar-refractivity contribution is 7.26. The van der Waals surface area contributed by atoms with Crippen LogP contribution < -0.4 is 0 Å². The van der Waals surface area contributed by atoms with Crippen LogP contribution in [-0.2, 0) is 0 Å². The summed E-state index contributed by atoms with van der Waals surface area (Å²) in [5.41, 5.74) is 7.42. The molecule has 11 aromatic rings. The number of thiophene rings is 2. The van der Waals surface area contributed by atoms with Crippen LogP contribution in [0.1, 0.15) is 0 Å². The Morgan fingerprint density at radius 1 is 0.240 bits per heavy atom. The van der Waals surface area contributed by atoms with Gasteiger partial charge in [-0.05, 0) is 120 Å². The largest absolute Gasteiger partial charge is 0.135 e. The molecule has 11 rings (SSSR count). The summed E-state index contributed by atoms with van der Waals surface area (Å²) in [5.74, 6) is 0. The quantitative estimate of drug-likeness (QED) is 0.164. The molecule has 0 N–H and O–H groups in total. The van der Waals surface area contributed by atoms with Crippen molar-refractivity contribution in [2.24, 2.45) is 0 Å². The third kappa shape index (κ3) is 4.23. The summed E-state index contributed by atoms with van der Waals surface area (Å²) >= 11 is 3.75. The standard InChI is InChI=1S/C48H28S2/c1-2-11-37-35(10-1)36-12-3-4-15-40(36)48-34(16-9-17-41(37)48)33-25-31(29-20-22-46-42(27-29)38-13-5-7-18-44(38)49-46)24-32(26-33)30-21-23-47-43(28-30)39-14-6-8-19-45(39)50-47/h1-28H. The van der Waals surface area contributed by atoms with E-state index in [4.69, 9.17) is 0 Å². The van der Waals surface area contributed by atoms with Crippen LogP contribution in [0.4, 0.5) is 0 Å². The second kappa shape index (κ2) is 10.9. The molecule has 0 aliphatic carbocycles. The molecular formula is C48H28S2. The Bertz CT molecular complexity index is 2980. The fraction of sp³-hybridized carbons (Fsp3) is 0. The van der Waals surface area contributed by atoms with Crippen molar-refractivity contribution in [1.82, 2.24) is 0 Å². The summed E-state index contributed by atoms with van der Waals surface area (Å²) in [7, 11) is 0. The minimum Gasteiger partial charge on any atom is -0.135 e. The average Bonchev–Trinajstić information content (AvgIpc) is 3.75. The first-order valence-corrected chi connectivity index (χ1v) is 18.7. The SMILES string of the molecule is c1ccc2c(c1)sc1ccc(-c3cc(-c4ccc5sc6ccccc6c5c4)cc(-c4cccc5c6ccccc6c6ccccc6c45)c3)cc12. The Hall–Kier alpha value is -5.80. The third-order valence-corrected chi connectivity index (χ3v) is 12.7. The fourth-order valence-corrected chi connectivity index (χ4v) is 10.3. The van der Waals surface area contributed by atoms with Crippen LogP contribution in [0.3, 0.4) is 0 Å². The van der Waals surface area contributed by atoms with Gasteiger partial charge in [0.2, 0.25) is 0 Å². The van der Waals surface area contributed by atoms with Crippen LogP contribution in [0.5, 0.6) is 0 Å². The lowest BCUT2D eigenvalue weighted by molar-refractivity contribution is 1.61. The zero-order chi connectivity index (χ0) is 32.8. The molecule has 2 heterocycles. The molecular weight excluding hydrogens is 641 g/mol. The molecule has 9 aromatic carbocycles. The van der Waals surface area contributed by atoms with Crippen molar-refractivity contribution >= 4 is 95.3 Å². The summed E-state index contributed by atoms with van der Waals surface area (Å²) in [6.45, 7) is 0. The predicted molar refractivity (Wildman–Crippen MR) is 221 cm³/mol.